The van der Waals surface area contributed by atoms with Gasteiger partial charge in [0.05, 0.1) is 0 Å². The largest absolute Gasteiger partial charge is 0.311 e. The average molecular weight is 298 g/mol. The van der Waals surface area contributed by atoms with E-state index in [-0.39, 0.29) is 0 Å². The third-order valence-corrected chi connectivity index (χ3v) is 4.72. The molecule has 0 amide bonds. The molecule has 1 N–H and O–H groups in total. The van der Waals surface area contributed by atoms with Gasteiger partial charge in [-0.1, -0.05) is 11.6 Å². The molecule has 1 aromatic heterocycles. The molecule has 0 aliphatic heterocycles. The lowest BCUT2D eigenvalue weighted by molar-refractivity contribution is 0.741. The van der Waals surface area contributed by atoms with Gasteiger partial charge in [0.2, 0.25) is 0 Å². The highest BCUT2D eigenvalue weighted by Crippen LogP contribution is 2.19. The molecular formula is C14H16ClNS2. The molecule has 18 heavy (non-hydrogen) atoms. The van der Waals surface area contributed by atoms with E-state index in [0.29, 0.717) is 0 Å². The van der Waals surface area contributed by atoms with Crippen molar-refractivity contribution in [3.05, 3.63) is 51.2 Å². The summed E-state index contributed by atoms with van der Waals surface area (Å²) in [5, 5.41) is 4.26. The molecule has 1 heterocycles. The first kappa shape index (κ1) is 13.9. The van der Waals surface area contributed by atoms with Crippen LogP contribution in [0.1, 0.15) is 9.75 Å². The number of hydrogen-bond donors (Lipinski definition) is 1. The zero-order chi connectivity index (χ0) is 12.8. The molecule has 0 saturated heterocycles. The molecule has 0 fully saturated rings. The van der Waals surface area contributed by atoms with Gasteiger partial charge in [0.25, 0.3) is 0 Å². The van der Waals surface area contributed by atoms with E-state index in [4.69, 9.17) is 11.6 Å². The Morgan fingerprint density at radius 3 is 2.61 bits per heavy atom. The summed E-state index contributed by atoms with van der Waals surface area (Å²) in [6, 6.07) is 12.4. The van der Waals surface area contributed by atoms with E-state index in [1.54, 1.807) is 0 Å². The number of thiophene rings is 1. The van der Waals surface area contributed by atoms with Crippen LogP contribution in [-0.2, 0) is 6.54 Å². The summed E-state index contributed by atoms with van der Waals surface area (Å²) in [5.41, 5.74) is 0. The van der Waals surface area contributed by atoms with Crippen molar-refractivity contribution in [3.8, 4) is 0 Å². The van der Waals surface area contributed by atoms with Crippen LogP contribution in [0.15, 0.2) is 41.3 Å². The number of aryl methyl sites for hydroxylation is 1. The second kappa shape index (κ2) is 7.19. The molecule has 0 radical (unpaired) electrons. The summed E-state index contributed by atoms with van der Waals surface area (Å²) in [5.74, 6) is 1.08. The second-order valence-electron chi connectivity index (χ2n) is 3.99. The van der Waals surface area contributed by atoms with Crippen LogP contribution < -0.4 is 5.32 Å². The van der Waals surface area contributed by atoms with Gasteiger partial charge in [-0.25, -0.2) is 0 Å². The van der Waals surface area contributed by atoms with Gasteiger partial charge in [-0.05, 0) is 43.3 Å². The number of halogens is 1. The van der Waals surface area contributed by atoms with E-state index < -0.39 is 0 Å². The maximum atomic E-state index is 5.84. The predicted octanol–water partition coefficient (Wildman–Crippen LogP) is 4.59. The first-order chi connectivity index (χ1) is 8.74. The molecule has 0 saturated carbocycles. The van der Waals surface area contributed by atoms with Gasteiger partial charge in [-0.3, -0.25) is 0 Å². The van der Waals surface area contributed by atoms with Crippen LogP contribution in [0.2, 0.25) is 5.02 Å². The maximum Gasteiger partial charge on any atom is 0.0406 e. The van der Waals surface area contributed by atoms with Gasteiger partial charge in [0.15, 0.2) is 0 Å². The Morgan fingerprint density at radius 2 is 1.94 bits per heavy atom. The van der Waals surface area contributed by atoms with E-state index in [1.807, 2.05) is 35.2 Å². The van der Waals surface area contributed by atoms with Crippen LogP contribution in [-0.4, -0.2) is 12.3 Å². The van der Waals surface area contributed by atoms with Crippen molar-refractivity contribution in [1.29, 1.82) is 0 Å². The molecule has 0 bridgehead atoms. The van der Waals surface area contributed by atoms with Crippen molar-refractivity contribution in [2.75, 3.05) is 12.3 Å². The van der Waals surface area contributed by atoms with Gasteiger partial charge < -0.3 is 5.32 Å². The van der Waals surface area contributed by atoms with Crippen molar-refractivity contribution < 1.29 is 0 Å². The van der Waals surface area contributed by atoms with Gasteiger partial charge in [-0.2, -0.15) is 0 Å². The minimum absolute atomic E-state index is 0.797. The summed E-state index contributed by atoms with van der Waals surface area (Å²) in [6.07, 6.45) is 0. The molecule has 4 heteroatoms. The summed E-state index contributed by atoms with van der Waals surface area (Å²) in [6.45, 7) is 4.13. The van der Waals surface area contributed by atoms with Crippen LogP contribution in [0.5, 0.6) is 0 Å². The average Bonchev–Trinajstić information content (AvgIpc) is 2.77. The summed E-state index contributed by atoms with van der Waals surface area (Å²) in [7, 11) is 0. The number of rotatable bonds is 6. The Hall–Kier alpha value is -0.480. The maximum absolute atomic E-state index is 5.84. The first-order valence-electron chi connectivity index (χ1n) is 5.88. The molecule has 0 unspecified atom stereocenters. The van der Waals surface area contributed by atoms with Crippen molar-refractivity contribution in [2.45, 2.75) is 18.4 Å². The molecule has 0 atom stereocenters. The summed E-state index contributed by atoms with van der Waals surface area (Å²) in [4.78, 5) is 4.06. The topological polar surface area (TPSA) is 12.0 Å². The Bertz CT molecular complexity index is 479. The molecule has 1 aromatic carbocycles. The Labute approximate surface area is 122 Å². The molecule has 96 valence electrons. The molecule has 0 spiro atoms. The highest BCUT2D eigenvalue weighted by molar-refractivity contribution is 7.99. The minimum atomic E-state index is 0.797. The number of nitrogens with one attached hydrogen (secondary N) is 1. The molecule has 2 rings (SSSR count). The van der Waals surface area contributed by atoms with Crippen molar-refractivity contribution in [3.63, 3.8) is 0 Å². The fourth-order valence-corrected chi connectivity index (χ4v) is 3.36. The van der Waals surface area contributed by atoms with E-state index >= 15 is 0 Å². The van der Waals surface area contributed by atoms with Gasteiger partial charge in [0.1, 0.15) is 0 Å². The highest BCUT2D eigenvalue weighted by Gasteiger charge is 1.97. The van der Waals surface area contributed by atoms with Crippen LogP contribution >= 0.6 is 34.7 Å². The van der Waals surface area contributed by atoms with Crippen LogP contribution in [0.3, 0.4) is 0 Å². The third kappa shape index (κ3) is 4.65. The van der Waals surface area contributed by atoms with Crippen LogP contribution in [0, 0.1) is 6.92 Å². The summed E-state index contributed by atoms with van der Waals surface area (Å²) < 4.78 is 0. The normalized spacial score (nSPS) is 10.8. The fourth-order valence-electron chi connectivity index (χ4n) is 1.56. The standard InChI is InChI=1S/C14H16ClNS2/c1-11-2-5-14(18-11)10-16-8-9-17-13-6-3-12(15)4-7-13/h2-7,16H,8-10H2,1H3. The second-order valence-corrected chi connectivity index (χ2v) is 6.97. The lowest BCUT2D eigenvalue weighted by Crippen LogP contribution is -2.15. The van der Waals surface area contributed by atoms with Crippen molar-refractivity contribution in [1.82, 2.24) is 5.32 Å². The zero-order valence-electron chi connectivity index (χ0n) is 10.3. The minimum Gasteiger partial charge on any atom is -0.311 e. The molecule has 0 aliphatic carbocycles. The van der Waals surface area contributed by atoms with Gasteiger partial charge >= 0.3 is 0 Å². The summed E-state index contributed by atoms with van der Waals surface area (Å²) >= 11 is 9.56. The van der Waals surface area contributed by atoms with Crippen molar-refractivity contribution in [2.24, 2.45) is 0 Å². The fraction of sp³-hybridized carbons (Fsp3) is 0.286. The monoisotopic (exact) mass is 297 g/mol. The smallest absolute Gasteiger partial charge is 0.0406 e. The van der Waals surface area contributed by atoms with E-state index in [9.17, 15) is 0 Å². The predicted molar refractivity (Wildman–Crippen MR) is 82.9 cm³/mol. The highest BCUT2D eigenvalue weighted by atomic mass is 35.5. The number of hydrogen-bond acceptors (Lipinski definition) is 3. The number of benzene rings is 1. The molecular weight excluding hydrogens is 282 g/mol. The molecule has 2 aromatic rings. The van der Waals surface area contributed by atoms with E-state index in [2.05, 4.69) is 36.5 Å². The van der Waals surface area contributed by atoms with Crippen molar-refractivity contribution >= 4 is 34.7 Å². The Kier molecular flexibility index (Phi) is 5.57. The van der Waals surface area contributed by atoms with E-state index in [0.717, 1.165) is 23.9 Å². The number of thioether (sulfide) groups is 1. The van der Waals surface area contributed by atoms with Gasteiger partial charge in [-0.15, -0.1) is 23.1 Å². The lowest BCUT2D eigenvalue weighted by atomic mass is 10.4. The van der Waals surface area contributed by atoms with E-state index in [1.165, 1.54) is 14.6 Å². The SMILES string of the molecule is Cc1ccc(CNCCSc2ccc(Cl)cc2)s1. The first-order valence-corrected chi connectivity index (χ1v) is 8.06. The van der Waals surface area contributed by atoms with Crippen LogP contribution in [0.4, 0.5) is 0 Å². The molecule has 0 aliphatic rings. The zero-order valence-corrected chi connectivity index (χ0v) is 12.7. The lowest BCUT2D eigenvalue weighted by Gasteiger charge is -2.03. The Morgan fingerprint density at radius 1 is 1.17 bits per heavy atom. The third-order valence-electron chi connectivity index (χ3n) is 2.46. The van der Waals surface area contributed by atoms with Gasteiger partial charge in [0, 0.05) is 38.5 Å². The molecule has 1 nitrogen and oxygen atoms in total. The Balaban J connectivity index is 1.63. The van der Waals surface area contributed by atoms with Crippen LogP contribution in [0.25, 0.3) is 0 Å². The quantitative estimate of drug-likeness (QED) is 0.618.